The van der Waals surface area contributed by atoms with Crippen molar-refractivity contribution < 1.29 is 19.4 Å². The molecule has 0 saturated carbocycles. The molecule has 1 unspecified atom stereocenters. The van der Waals surface area contributed by atoms with Gasteiger partial charge in [0.15, 0.2) is 0 Å². The van der Waals surface area contributed by atoms with Gasteiger partial charge in [0.05, 0.1) is 20.1 Å². The van der Waals surface area contributed by atoms with E-state index in [-0.39, 0.29) is 0 Å². The van der Waals surface area contributed by atoms with E-state index in [4.69, 9.17) is 14.6 Å². The van der Waals surface area contributed by atoms with E-state index in [0.29, 0.717) is 17.9 Å². The second-order valence-corrected chi connectivity index (χ2v) is 3.62. The highest BCUT2D eigenvalue weighted by Crippen LogP contribution is 2.26. The molecule has 0 aliphatic rings. The highest BCUT2D eigenvalue weighted by molar-refractivity contribution is 5.70. The molecule has 0 heterocycles. The molecule has 4 nitrogen and oxygen atoms in total. The summed E-state index contributed by atoms with van der Waals surface area (Å²) < 4.78 is 10.3. The standard InChI is InChI=1S/C12H16O4/c1-8(12(13)14)6-9-4-5-10(15-2)7-11(9)16-3/h4-5,7-8H,6H2,1-3H3,(H,13,14). The first-order chi connectivity index (χ1) is 7.58. The average molecular weight is 224 g/mol. The SMILES string of the molecule is COc1ccc(CC(C)C(=O)O)c(OC)c1. The van der Waals surface area contributed by atoms with E-state index in [1.807, 2.05) is 6.07 Å². The molecule has 0 spiro atoms. The third-order valence-electron chi connectivity index (χ3n) is 2.44. The van der Waals surface area contributed by atoms with E-state index in [0.717, 1.165) is 5.56 Å². The molecule has 1 atom stereocenters. The van der Waals surface area contributed by atoms with E-state index < -0.39 is 11.9 Å². The zero-order valence-corrected chi connectivity index (χ0v) is 9.69. The maximum atomic E-state index is 10.8. The number of carboxylic acids is 1. The lowest BCUT2D eigenvalue weighted by Crippen LogP contribution is -2.12. The minimum Gasteiger partial charge on any atom is -0.497 e. The van der Waals surface area contributed by atoms with Crippen molar-refractivity contribution in [2.75, 3.05) is 14.2 Å². The Morgan fingerprint density at radius 2 is 2.06 bits per heavy atom. The average Bonchev–Trinajstić information content (AvgIpc) is 2.29. The lowest BCUT2D eigenvalue weighted by Gasteiger charge is -2.12. The van der Waals surface area contributed by atoms with Crippen LogP contribution in [0.2, 0.25) is 0 Å². The van der Waals surface area contributed by atoms with E-state index in [1.54, 1.807) is 33.3 Å². The van der Waals surface area contributed by atoms with Crippen LogP contribution in [0.15, 0.2) is 18.2 Å². The quantitative estimate of drug-likeness (QED) is 0.830. The first-order valence-corrected chi connectivity index (χ1v) is 5.02. The Labute approximate surface area is 94.8 Å². The molecule has 1 N–H and O–H groups in total. The van der Waals surface area contributed by atoms with Crippen molar-refractivity contribution in [3.63, 3.8) is 0 Å². The van der Waals surface area contributed by atoms with Gasteiger partial charge in [0.1, 0.15) is 11.5 Å². The summed E-state index contributed by atoms with van der Waals surface area (Å²) in [5.41, 5.74) is 0.873. The number of aliphatic carboxylic acids is 1. The summed E-state index contributed by atoms with van der Waals surface area (Å²) in [6.45, 7) is 1.67. The normalized spacial score (nSPS) is 11.9. The van der Waals surface area contributed by atoms with Gasteiger partial charge in [0.2, 0.25) is 0 Å². The van der Waals surface area contributed by atoms with Crippen molar-refractivity contribution in [1.82, 2.24) is 0 Å². The minimum atomic E-state index is -0.808. The van der Waals surface area contributed by atoms with E-state index in [1.165, 1.54) is 0 Å². The summed E-state index contributed by atoms with van der Waals surface area (Å²) in [5.74, 6) is 0.121. The van der Waals surface area contributed by atoms with Crippen molar-refractivity contribution in [2.24, 2.45) is 5.92 Å². The lowest BCUT2D eigenvalue weighted by molar-refractivity contribution is -0.141. The molecule has 1 aromatic rings. The number of hydrogen-bond donors (Lipinski definition) is 1. The molecule has 0 aliphatic heterocycles. The monoisotopic (exact) mass is 224 g/mol. The van der Waals surface area contributed by atoms with Crippen molar-refractivity contribution in [3.8, 4) is 11.5 Å². The maximum Gasteiger partial charge on any atom is 0.306 e. The molecular formula is C12H16O4. The Morgan fingerprint density at radius 3 is 2.56 bits per heavy atom. The zero-order chi connectivity index (χ0) is 12.1. The van der Waals surface area contributed by atoms with Crippen LogP contribution in [0.4, 0.5) is 0 Å². The molecule has 1 aromatic carbocycles. The third kappa shape index (κ3) is 2.89. The van der Waals surface area contributed by atoms with Crippen LogP contribution >= 0.6 is 0 Å². The van der Waals surface area contributed by atoms with Gasteiger partial charge in [-0.2, -0.15) is 0 Å². The third-order valence-corrected chi connectivity index (χ3v) is 2.44. The van der Waals surface area contributed by atoms with Gasteiger partial charge >= 0.3 is 5.97 Å². The fourth-order valence-corrected chi connectivity index (χ4v) is 1.44. The van der Waals surface area contributed by atoms with Crippen LogP contribution < -0.4 is 9.47 Å². The molecular weight excluding hydrogens is 208 g/mol. The van der Waals surface area contributed by atoms with Crippen molar-refractivity contribution >= 4 is 5.97 Å². The number of hydrogen-bond acceptors (Lipinski definition) is 3. The van der Waals surface area contributed by atoms with Crippen LogP contribution in [0.25, 0.3) is 0 Å². The molecule has 0 saturated heterocycles. The molecule has 0 fully saturated rings. The highest BCUT2D eigenvalue weighted by Gasteiger charge is 2.14. The first kappa shape index (κ1) is 12.4. The number of carboxylic acid groups (broad SMARTS) is 1. The van der Waals surface area contributed by atoms with Crippen LogP contribution in [-0.2, 0) is 11.2 Å². The fourth-order valence-electron chi connectivity index (χ4n) is 1.44. The summed E-state index contributed by atoms with van der Waals surface area (Å²) in [6, 6.07) is 5.38. The Hall–Kier alpha value is -1.71. The summed E-state index contributed by atoms with van der Waals surface area (Å²) in [6.07, 6.45) is 0.447. The van der Waals surface area contributed by atoms with Crippen LogP contribution in [0, 0.1) is 5.92 Å². The Morgan fingerprint density at radius 1 is 1.38 bits per heavy atom. The lowest BCUT2D eigenvalue weighted by atomic mass is 10.0. The van der Waals surface area contributed by atoms with Gasteiger partial charge in [-0.15, -0.1) is 0 Å². The molecule has 0 bridgehead atoms. The van der Waals surface area contributed by atoms with Gasteiger partial charge in [0, 0.05) is 6.07 Å². The van der Waals surface area contributed by atoms with Crippen molar-refractivity contribution in [3.05, 3.63) is 23.8 Å². The predicted molar refractivity (Wildman–Crippen MR) is 60.0 cm³/mol. The number of methoxy groups -OCH3 is 2. The molecule has 0 amide bonds. The zero-order valence-electron chi connectivity index (χ0n) is 9.69. The molecule has 4 heteroatoms. The summed E-state index contributed by atoms with van der Waals surface area (Å²) in [7, 11) is 3.14. The molecule has 0 aliphatic carbocycles. The summed E-state index contributed by atoms with van der Waals surface area (Å²) in [4.78, 5) is 10.8. The predicted octanol–water partition coefficient (Wildman–Crippen LogP) is 1.97. The second kappa shape index (κ2) is 5.39. The Balaban J connectivity index is 2.91. The Kier molecular flexibility index (Phi) is 4.17. The van der Waals surface area contributed by atoms with Crippen molar-refractivity contribution in [1.29, 1.82) is 0 Å². The van der Waals surface area contributed by atoms with Gasteiger partial charge in [-0.3, -0.25) is 4.79 Å². The number of benzene rings is 1. The Bertz CT molecular complexity index is 373. The smallest absolute Gasteiger partial charge is 0.306 e. The highest BCUT2D eigenvalue weighted by atomic mass is 16.5. The number of carbonyl (C=O) groups is 1. The number of rotatable bonds is 5. The topological polar surface area (TPSA) is 55.8 Å². The second-order valence-electron chi connectivity index (χ2n) is 3.62. The van der Waals surface area contributed by atoms with Gasteiger partial charge in [-0.05, 0) is 18.1 Å². The van der Waals surface area contributed by atoms with E-state index >= 15 is 0 Å². The van der Waals surface area contributed by atoms with E-state index in [9.17, 15) is 4.79 Å². The van der Waals surface area contributed by atoms with Crippen LogP contribution in [0.5, 0.6) is 11.5 Å². The van der Waals surface area contributed by atoms with Crippen molar-refractivity contribution in [2.45, 2.75) is 13.3 Å². The van der Waals surface area contributed by atoms with E-state index in [2.05, 4.69) is 0 Å². The summed E-state index contributed by atoms with van der Waals surface area (Å²) >= 11 is 0. The molecule has 0 aromatic heterocycles. The van der Waals surface area contributed by atoms with Gasteiger partial charge < -0.3 is 14.6 Å². The number of ether oxygens (including phenoxy) is 2. The van der Waals surface area contributed by atoms with Gasteiger partial charge in [-0.25, -0.2) is 0 Å². The summed E-state index contributed by atoms with van der Waals surface area (Å²) in [5, 5.41) is 8.84. The first-order valence-electron chi connectivity index (χ1n) is 5.02. The van der Waals surface area contributed by atoms with Gasteiger partial charge in [-0.1, -0.05) is 13.0 Å². The maximum absolute atomic E-state index is 10.8. The molecule has 88 valence electrons. The van der Waals surface area contributed by atoms with Crippen LogP contribution in [0.3, 0.4) is 0 Å². The van der Waals surface area contributed by atoms with Crippen LogP contribution in [-0.4, -0.2) is 25.3 Å². The largest absolute Gasteiger partial charge is 0.497 e. The molecule has 1 rings (SSSR count). The van der Waals surface area contributed by atoms with Gasteiger partial charge in [0.25, 0.3) is 0 Å². The van der Waals surface area contributed by atoms with Crippen LogP contribution in [0.1, 0.15) is 12.5 Å². The fraction of sp³-hybridized carbons (Fsp3) is 0.417. The minimum absolute atomic E-state index is 0.428. The molecule has 0 radical (unpaired) electrons. The molecule has 16 heavy (non-hydrogen) atoms.